The molecule has 0 fully saturated rings. The number of carbonyl (C=O) groups excluding carboxylic acids is 1. The van der Waals surface area contributed by atoms with Gasteiger partial charge in [0.15, 0.2) is 0 Å². The summed E-state index contributed by atoms with van der Waals surface area (Å²) in [6.45, 7) is 0. The van der Waals surface area contributed by atoms with Crippen LogP contribution < -0.4 is 11.1 Å². The van der Waals surface area contributed by atoms with Crippen molar-refractivity contribution in [1.82, 2.24) is 0 Å². The smallest absolute Gasteiger partial charge is 0.248 e. The Bertz CT molecular complexity index is 651. The summed E-state index contributed by atoms with van der Waals surface area (Å²) in [5.74, 6) is -1.42. The Labute approximate surface area is 114 Å². The maximum absolute atomic E-state index is 13.4. The Balaban J connectivity index is 2.05. The minimum absolute atomic E-state index is 0.0127. The first-order chi connectivity index (χ1) is 9.54. The lowest BCUT2D eigenvalue weighted by Gasteiger charge is -2.04. The van der Waals surface area contributed by atoms with E-state index < -0.39 is 11.7 Å². The predicted octanol–water partition coefficient (Wildman–Crippen LogP) is 3.20. The van der Waals surface area contributed by atoms with E-state index in [1.807, 2.05) is 0 Å². The lowest BCUT2D eigenvalue weighted by Crippen LogP contribution is -2.09. The third-order valence-corrected chi connectivity index (χ3v) is 2.55. The summed E-state index contributed by atoms with van der Waals surface area (Å²) < 4.78 is 26.1. The first-order valence-electron chi connectivity index (χ1n) is 5.84. The third-order valence-electron chi connectivity index (χ3n) is 2.55. The van der Waals surface area contributed by atoms with E-state index in [-0.39, 0.29) is 11.5 Å². The van der Waals surface area contributed by atoms with E-state index in [2.05, 4.69) is 5.32 Å². The topological polar surface area (TPSA) is 55.1 Å². The van der Waals surface area contributed by atoms with Crippen LogP contribution in [0.15, 0.2) is 48.5 Å². The van der Waals surface area contributed by atoms with Crippen LogP contribution in [-0.2, 0) is 4.79 Å². The van der Waals surface area contributed by atoms with Gasteiger partial charge in [0.1, 0.15) is 11.6 Å². The molecule has 0 atom stereocenters. The number of nitrogen functional groups attached to an aromatic ring is 1. The number of rotatable bonds is 3. The van der Waals surface area contributed by atoms with Crippen LogP contribution in [0, 0.1) is 11.6 Å². The number of anilines is 2. The van der Waals surface area contributed by atoms with Crippen LogP contribution in [0.1, 0.15) is 5.56 Å². The molecule has 2 aromatic carbocycles. The van der Waals surface area contributed by atoms with E-state index in [0.717, 1.165) is 0 Å². The summed E-state index contributed by atoms with van der Waals surface area (Å²) >= 11 is 0. The van der Waals surface area contributed by atoms with Crippen molar-refractivity contribution in [2.24, 2.45) is 0 Å². The van der Waals surface area contributed by atoms with Crippen LogP contribution in [-0.4, -0.2) is 5.91 Å². The molecular formula is C15H12F2N2O. The van der Waals surface area contributed by atoms with Crippen molar-refractivity contribution in [3.05, 3.63) is 65.7 Å². The summed E-state index contributed by atoms with van der Waals surface area (Å²) in [5, 5.41) is 2.38. The van der Waals surface area contributed by atoms with Gasteiger partial charge in [0.05, 0.1) is 5.69 Å². The van der Waals surface area contributed by atoms with Gasteiger partial charge in [0.2, 0.25) is 5.91 Å². The Morgan fingerprint density at radius 3 is 2.50 bits per heavy atom. The normalized spacial score (nSPS) is 10.7. The van der Waals surface area contributed by atoms with Crippen LogP contribution >= 0.6 is 0 Å². The molecule has 2 rings (SSSR count). The largest absolute Gasteiger partial charge is 0.399 e. The quantitative estimate of drug-likeness (QED) is 0.667. The number of amides is 1. The molecule has 0 aromatic heterocycles. The molecule has 0 aliphatic rings. The molecule has 3 N–H and O–H groups in total. The molecule has 5 heteroatoms. The van der Waals surface area contributed by atoms with E-state index in [1.54, 1.807) is 0 Å². The molecule has 0 heterocycles. The van der Waals surface area contributed by atoms with E-state index in [0.29, 0.717) is 11.3 Å². The summed E-state index contributed by atoms with van der Waals surface area (Å²) in [6.07, 6.45) is 2.73. The van der Waals surface area contributed by atoms with Gasteiger partial charge >= 0.3 is 0 Å². The van der Waals surface area contributed by atoms with Crippen molar-refractivity contribution in [3.63, 3.8) is 0 Å². The molecule has 102 valence electrons. The lowest BCUT2D eigenvalue weighted by molar-refractivity contribution is -0.111. The number of hydrogen-bond acceptors (Lipinski definition) is 2. The molecule has 0 spiro atoms. The number of hydrogen-bond donors (Lipinski definition) is 2. The van der Waals surface area contributed by atoms with Gasteiger partial charge < -0.3 is 11.1 Å². The minimum atomic E-state index is -0.567. The molecule has 0 aliphatic heterocycles. The molecule has 3 nitrogen and oxygen atoms in total. The highest BCUT2D eigenvalue weighted by Gasteiger charge is 2.04. The number of halogens is 2. The second-order valence-corrected chi connectivity index (χ2v) is 4.11. The standard InChI is InChI=1S/C15H12F2N2O/c16-11-4-1-10(2-5-11)3-8-15(20)19-14-9-12(18)6-7-13(14)17/h1-9H,18H2,(H,19,20)/b8-3+. The van der Waals surface area contributed by atoms with Gasteiger partial charge in [-0.25, -0.2) is 8.78 Å². The molecule has 0 radical (unpaired) electrons. The fraction of sp³-hybridized carbons (Fsp3) is 0. The van der Waals surface area contributed by atoms with Crippen molar-refractivity contribution in [2.75, 3.05) is 11.1 Å². The average molecular weight is 274 g/mol. The molecular weight excluding hydrogens is 262 g/mol. The first-order valence-corrected chi connectivity index (χ1v) is 5.84. The van der Waals surface area contributed by atoms with Crippen molar-refractivity contribution < 1.29 is 13.6 Å². The fourth-order valence-electron chi connectivity index (χ4n) is 1.56. The van der Waals surface area contributed by atoms with Gasteiger partial charge in [0, 0.05) is 11.8 Å². The van der Waals surface area contributed by atoms with Gasteiger partial charge in [-0.1, -0.05) is 12.1 Å². The average Bonchev–Trinajstić information content (AvgIpc) is 2.42. The van der Waals surface area contributed by atoms with Crippen molar-refractivity contribution in [3.8, 4) is 0 Å². The number of nitrogens with two attached hydrogens (primary N) is 1. The van der Waals surface area contributed by atoms with Gasteiger partial charge in [-0.05, 0) is 42.0 Å². The zero-order valence-electron chi connectivity index (χ0n) is 10.4. The highest BCUT2D eigenvalue weighted by Crippen LogP contribution is 2.17. The van der Waals surface area contributed by atoms with E-state index in [1.165, 1.54) is 54.6 Å². The summed E-state index contributed by atoms with van der Waals surface area (Å²) in [6, 6.07) is 9.54. The summed E-state index contributed by atoms with van der Waals surface area (Å²) in [7, 11) is 0. The number of benzene rings is 2. The number of nitrogens with one attached hydrogen (secondary N) is 1. The number of carbonyl (C=O) groups is 1. The second kappa shape index (κ2) is 5.97. The molecule has 1 amide bonds. The molecule has 0 saturated heterocycles. The molecule has 0 aliphatic carbocycles. The third kappa shape index (κ3) is 3.65. The highest BCUT2D eigenvalue weighted by atomic mass is 19.1. The fourth-order valence-corrected chi connectivity index (χ4v) is 1.56. The summed E-state index contributed by atoms with van der Waals surface area (Å²) in [4.78, 5) is 11.6. The van der Waals surface area contributed by atoms with Crippen LogP contribution in [0.3, 0.4) is 0 Å². The Morgan fingerprint density at radius 1 is 1.10 bits per heavy atom. The molecule has 2 aromatic rings. The molecule has 0 unspecified atom stereocenters. The minimum Gasteiger partial charge on any atom is -0.399 e. The van der Waals surface area contributed by atoms with Gasteiger partial charge in [-0.2, -0.15) is 0 Å². The first kappa shape index (κ1) is 13.7. The lowest BCUT2D eigenvalue weighted by atomic mass is 10.2. The Hall–Kier alpha value is -2.69. The highest BCUT2D eigenvalue weighted by molar-refractivity contribution is 6.02. The van der Waals surface area contributed by atoms with Crippen LogP contribution in [0.25, 0.3) is 6.08 Å². The van der Waals surface area contributed by atoms with Gasteiger partial charge in [0.25, 0.3) is 0 Å². The Kier molecular flexibility index (Phi) is 4.10. The molecule has 20 heavy (non-hydrogen) atoms. The van der Waals surface area contributed by atoms with Crippen LogP contribution in [0.2, 0.25) is 0 Å². The summed E-state index contributed by atoms with van der Waals surface area (Å²) in [5.41, 5.74) is 6.54. The SMILES string of the molecule is Nc1ccc(F)c(NC(=O)/C=C/c2ccc(F)cc2)c1. The van der Waals surface area contributed by atoms with Gasteiger partial charge in [-0.3, -0.25) is 4.79 Å². The van der Waals surface area contributed by atoms with E-state index in [9.17, 15) is 13.6 Å². The van der Waals surface area contributed by atoms with Crippen molar-refractivity contribution in [1.29, 1.82) is 0 Å². The van der Waals surface area contributed by atoms with E-state index >= 15 is 0 Å². The maximum atomic E-state index is 13.4. The van der Waals surface area contributed by atoms with Crippen molar-refractivity contribution >= 4 is 23.4 Å². The maximum Gasteiger partial charge on any atom is 0.248 e. The van der Waals surface area contributed by atoms with Crippen LogP contribution in [0.4, 0.5) is 20.2 Å². The van der Waals surface area contributed by atoms with Gasteiger partial charge in [-0.15, -0.1) is 0 Å². The Morgan fingerprint density at radius 2 is 1.80 bits per heavy atom. The van der Waals surface area contributed by atoms with E-state index in [4.69, 9.17) is 5.73 Å². The van der Waals surface area contributed by atoms with Crippen molar-refractivity contribution in [2.45, 2.75) is 0 Å². The molecule has 0 bridgehead atoms. The zero-order chi connectivity index (χ0) is 14.5. The second-order valence-electron chi connectivity index (χ2n) is 4.11. The zero-order valence-corrected chi connectivity index (χ0v) is 10.4. The predicted molar refractivity (Wildman–Crippen MR) is 74.9 cm³/mol. The van der Waals surface area contributed by atoms with Crippen LogP contribution in [0.5, 0.6) is 0 Å². The monoisotopic (exact) mass is 274 g/mol. The molecule has 0 saturated carbocycles.